The topological polar surface area (TPSA) is 196 Å². The third-order valence-corrected chi connectivity index (χ3v) is 8.70. The average molecular weight is 675 g/mol. The van der Waals surface area contributed by atoms with E-state index in [1.807, 2.05) is 38.1 Å². The lowest BCUT2D eigenvalue weighted by Gasteiger charge is -2.18. The predicted molar refractivity (Wildman–Crippen MR) is 189 cm³/mol. The van der Waals surface area contributed by atoms with Crippen LogP contribution in [0.5, 0.6) is 0 Å². The molecule has 5 aromatic heterocycles. The molecule has 0 saturated heterocycles. The normalized spacial score (nSPS) is 12.0. The maximum Gasteiger partial charge on any atom is 0.332 e. The summed E-state index contributed by atoms with van der Waals surface area (Å²) in [6.45, 7) is 3.83. The number of rotatable bonds is 4. The number of aryl methyl sites for hydroxylation is 4. The molecule has 0 bridgehead atoms. The van der Waals surface area contributed by atoms with Crippen LogP contribution < -0.4 is 44.2 Å². The molecular weight excluding hydrogens is 644 g/mol. The highest BCUT2D eigenvalue weighted by Crippen LogP contribution is 2.21. The van der Waals surface area contributed by atoms with Gasteiger partial charge in [0.1, 0.15) is 33.3 Å². The number of aromatic amines is 2. The van der Waals surface area contributed by atoms with Gasteiger partial charge >= 0.3 is 11.4 Å². The second-order valence-corrected chi connectivity index (χ2v) is 12.1. The van der Waals surface area contributed by atoms with Gasteiger partial charge in [-0.3, -0.25) is 37.4 Å². The highest BCUT2D eigenvalue weighted by atomic mass is 16.2. The van der Waals surface area contributed by atoms with Crippen molar-refractivity contribution in [2.24, 2.45) is 33.2 Å². The van der Waals surface area contributed by atoms with Crippen molar-refractivity contribution < 1.29 is 0 Å². The van der Waals surface area contributed by atoms with Gasteiger partial charge in [0.25, 0.3) is 11.1 Å². The zero-order valence-electron chi connectivity index (χ0n) is 27.8. The van der Waals surface area contributed by atoms with Crippen LogP contribution in [0.15, 0.2) is 88.4 Å². The molecule has 0 aliphatic rings. The van der Waals surface area contributed by atoms with Gasteiger partial charge in [0, 0.05) is 39.9 Å². The molecule has 0 aliphatic carbocycles. The van der Waals surface area contributed by atoms with Gasteiger partial charge in [-0.25, -0.2) is 19.1 Å². The van der Waals surface area contributed by atoms with Gasteiger partial charge in [-0.2, -0.15) is 4.98 Å². The monoisotopic (exact) mass is 674 g/mol. The van der Waals surface area contributed by atoms with E-state index < -0.39 is 33.4 Å². The van der Waals surface area contributed by atoms with Crippen molar-refractivity contribution in [3.05, 3.63) is 133 Å². The summed E-state index contributed by atoms with van der Waals surface area (Å²) in [4.78, 5) is 96.2. The lowest BCUT2D eigenvalue weighted by atomic mass is 10.2. The molecule has 252 valence electrons. The molecule has 5 heterocycles. The molecule has 7 aromatic rings. The van der Waals surface area contributed by atoms with E-state index in [4.69, 9.17) is 9.98 Å². The van der Waals surface area contributed by atoms with Crippen LogP contribution in [0.1, 0.15) is 11.1 Å². The van der Waals surface area contributed by atoms with Crippen LogP contribution in [0.2, 0.25) is 0 Å². The summed E-state index contributed by atoms with van der Waals surface area (Å²) < 4.78 is 5.31. The zero-order valence-corrected chi connectivity index (χ0v) is 27.8. The Morgan fingerprint density at radius 3 is 1.80 bits per heavy atom. The molecule has 50 heavy (non-hydrogen) atoms. The van der Waals surface area contributed by atoms with Crippen LogP contribution in [0, 0.1) is 13.8 Å². The summed E-state index contributed by atoms with van der Waals surface area (Å²) in [5.41, 5.74) is -1.71. The van der Waals surface area contributed by atoms with Gasteiger partial charge in [0.15, 0.2) is 16.6 Å². The number of nitrogens with zero attached hydrogens (tertiary/aromatic N) is 7. The summed E-state index contributed by atoms with van der Waals surface area (Å²) in [6.07, 6.45) is 0. The molecule has 0 atom stereocenters. The fraction of sp³-hybridized carbons (Fsp3) is 0.176. The first-order chi connectivity index (χ1) is 23.8. The van der Waals surface area contributed by atoms with Gasteiger partial charge in [0.2, 0.25) is 11.4 Å². The lowest BCUT2D eigenvalue weighted by Crippen LogP contribution is -2.41. The molecule has 16 heteroatoms. The Bertz CT molecular complexity index is 3030. The van der Waals surface area contributed by atoms with E-state index >= 15 is 0 Å². The number of pyridine rings is 2. The summed E-state index contributed by atoms with van der Waals surface area (Å²) in [5.74, 6) is 0.0355. The molecule has 2 aromatic carbocycles. The van der Waals surface area contributed by atoms with Crippen molar-refractivity contribution in [1.29, 1.82) is 0 Å². The predicted octanol–water partition coefficient (Wildman–Crippen LogP) is 1.10. The van der Waals surface area contributed by atoms with Crippen LogP contribution in [0.25, 0.3) is 38.9 Å². The Morgan fingerprint density at radius 1 is 0.660 bits per heavy atom. The van der Waals surface area contributed by atoms with E-state index in [-0.39, 0.29) is 50.4 Å². The number of anilines is 2. The molecule has 0 amide bonds. The lowest BCUT2D eigenvalue weighted by molar-refractivity contribution is 0.705. The number of fused-ring (bicyclic) bond motifs is 3. The van der Waals surface area contributed by atoms with E-state index in [0.29, 0.717) is 11.4 Å². The number of aromatic nitrogens is 8. The van der Waals surface area contributed by atoms with E-state index in [2.05, 4.69) is 15.3 Å². The Hall–Kier alpha value is -6.84. The Kier molecular flexibility index (Phi) is 7.24. The summed E-state index contributed by atoms with van der Waals surface area (Å²) in [6, 6.07) is 15.6. The first-order valence-corrected chi connectivity index (χ1v) is 15.3. The van der Waals surface area contributed by atoms with Crippen molar-refractivity contribution in [1.82, 2.24) is 37.8 Å². The molecule has 0 spiro atoms. The molecule has 16 nitrogen and oxygen atoms in total. The second kappa shape index (κ2) is 11.4. The number of benzene rings is 2. The standard InChI is InChI=1S/C34H30N10O6/c1-16-7-11-18(12-8-16)35-29-23-25(46)24-28(41(4)34(50)43(6)31(24)48)38-26(23)39-32(36-19-13-9-17(2)10-14-19)44(29)21-15-20(45)22-27(37-21)40(3)33(49)42(5)30(22)47/h7-15H,1-6H3,(H,37,45)(H2,36,38,39,46). The average Bonchev–Trinajstić information content (AvgIpc) is 3.09. The Labute approximate surface area is 279 Å². The maximum atomic E-state index is 14.5. The third-order valence-electron chi connectivity index (χ3n) is 8.70. The minimum atomic E-state index is -0.828. The SMILES string of the molecule is Cc1ccc(N=c2c3c(=O)c4c(=O)n(C)c(=O)n(C)c4[nH]c3nc(Nc3ccc(C)cc3)n2-c2cc(=O)c3c(=O)n(C)c(=O)n(C)c3[nH]2)cc1. The molecule has 0 aliphatic heterocycles. The molecule has 0 fully saturated rings. The second-order valence-electron chi connectivity index (χ2n) is 12.1. The molecule has 3 N–H and O–H groups in total. The quantitative estimate of drug-likeness (QED) is 0.231. The van der Waals surface area contributed by atoms with Gasteiger partial charge in [-0.05, 0) is 38.1 Å². The minimum absolute atomic E-state index is 0.00603. The minimum Gasteiger partial charge on any atom is -0.326 e. The number of H-pyrrole nitrogens is 2. The van der Waals surface area contributed by atoms with Crippen LogP contribution >= 0.6 is 0 Å². The van der Waals surface area contributed by atoms with Crippen molar-refractivity contribution in [3.63, 3.8) is 0 Å². The van der Waals surface area contributed by atoms with Crippen LogP contribution in [0.3, 0.4) is 0 Å². The molecule has 0 unspecified atom stereocenters. The van der Waals surface area contributed by atoms with E-state index in [9.17, 15) is 28.8 Å². The molecule has 0 saturated carbocycles. The highest BCUT2D eigenvalue weighted by molar-refractivity contribution is 5.89. The van der Waals surface area contributed by atoms with Crippen molar-refractivity contribution in [2.45, 2.75) is 13.8 Å². The summed E-state index contributed by atoms with van der Waals surface area (Å²) in [5, 5.41) is 2.53. The number of nitrogens with one attached hydrogen (secondary N) is 3. The highest BCUT2D eigenvalue weighted by Gasteiger charge is 2.23. The smallest absolute Gasteiger partial charge is 0.326 e. The van der Waals surface area contributed by atoms with Gasteiger partial charge < -0.3 is 15.3 Å². The fourth-order valence-electron chi connectivity index (χ4n) is 5.87. The first-order valence-electron chi connectivity index (χ1n) is 15.3. The van der Waals surface area contributed by atoms with Crippen molar-refractivity contribution in [2.75, 3.05) is 5.32 Å². The Balaban J connectivity index is 1.75. The van der Waals surface area contributed by atoms with Gasteiger partial charge in [0.05, 0.1) is 5.69 Å². The fourth-order valence-corrected chi connectivity index (χ4v) is 5.87. The van der Waals surface area contributed by atoms with E-state index in [1.54, 1.807) is 24.3 Å². The first kappa shape index (κ1) is 31.7. The maximum absolute atomic E-state index is 14.5. The van der Waals surface area contributed by atoms with Crippen molar-refractivity contribution in [3.8, 4) is 5.82 Å². The number of hydrogen-bond donors (Lipinski definition) is 3. The van der Waals surface area contributed by atoms with Crippen LogP contribution in [0.4, 0.5) is 17.3 Å². The number of hydrogen-bond acceptors (Lipinski definition) is 9. The van der Waals surface area contributed by atoms with E-state index in [1.165, 1.54) is 32.8 Å². The molecule has 7 rings (SSSR count). The molecular formula is C34H30N10O6. The zero-order chi connectivity index (χ0) is 35.8. The summed E-state index contributed by atoms with van der Waals surface area (Å²) >= 11 is 0. The summed E-state index contributed by atoms with van der Waals surface area (Å²) in [7, 11) is 5.38. The van der Waals surface area contributed by atoms with Gasteiger partial charge in [-0.15, -0.1) is 0 Å². The Morgan fingerprint density at radius 2 is 1.20 bits per heavy atom. The molecule has 0 radical (unpaired) electrons. The van der Waals surface area contributed by atoms with Gasteiger partial charge in [-0.1, -0.05) is 35.4 Å². The van der Waals surface area contributed by atoms with Crippen LogP contribution in [-0.2, 0) is 28.2 Å². The van der Waals surface area contributed by atoms with Crippen molar-refractivity contribution >= 4 is 50.4 Å². The largest absolute Gasteiger partial charge is 0.332 e. The van der Waals surface area contributed by atoms with E-state index in [0.717, 1.165) is 35.5 Å². The van der Waals surface area contributed by atoms with Crippen LogP contribution in [-0.4, -0.2) is 37.8 Å². The third kappa shape index (κ3) is 4.84.